The van der Waals surface area contributed by atoms with Crippen LogP contribution in [0.1, 0.15) is 1.43 Å². The second kappa shape index (κ2) is 61.9. The van der Waals surface area contributed by atoms with E-state index in [4.69, 9.17) is 93.0 Å². The second-order valence-electron chi connectivity index (χ2n) is 28.7. The number of rotatable bonds is 33. The van der Waals surface area contributed by atoms with Crippen LogP contribution in [0.4, 0.5) is 0 Å². The Hall–Kier alpha value is -9.16. The minimum Gasteiger partial charge on any atom is -1.00 e. The van der Waals surface area contributed by atoms with E-state index in [0.717, 1.165) is 67.1 Å². The largest absolute Gasteiger partial charge is 1.00 e. The normalized spacial score (nSPS) is 10.3. The Morgan fingerprint density at radius 1 is 0.262 bits per heavy atom. The number of hydrogen-bond donors (Lipinski definition) is 2. The van der Waals surface area contributed by atoms with Crippen molar-refractivity contribution in [3.8, 4) is 136 Å². The molecule has 0 spiro atoms. The maximum absolute atomic E-state index is 13.4. The first kappa shape index (κ1) is 119. The number of phenols is 2. The molecule has 0 amide bonds. The Bertz CT molecular complexity index is 6490. The van der Waals surface area contributed by atoms with Gasteiger partial charge in [0, 0.05) is 10.0 Å². The van der Waals surface area contributed by atoms with E-state index in [9.17, 15) is 35.5 Å². The second-order valence-corrected chi connectivity index (χ2v) is 35.8. The minimum atomic E-state index is -3.76. The molecule has 0 radical (unpaired) electrons. The van der Waals surface area contributed by atoms with Gasteiger partial charge in [-0.3, -0.25) is 4.79 Å². The molecule has 22 nitrogen and oxygen atoms in total. The minimum absolute atomic E-state index is 0. The molecule has 0 aromatic heterocycles. The Morgan fingerprint density at radius 2 is 0.426 bits per heavy atom. The van der Waals surface area contributed by atoms with Crippen LogP contribution in [0.5, 0.6) is 80.5 Å². The zero-order valence-corrected chi connectivity index (χ0v) is 94.3. The molecule has 32 heteroatoms. The van der Waals surface area contributed by atoms with Gasteiger partial charge in [-0.1, -0.05) is 189 Å². The van der Waals surface area contributed by atoms with Gasteiger partial charge in [-0.25, -0.2) is 25.3 Å². The van der Waals surface area contributed by atoms with Crippen molar-refractivity contribution >= 4 is 70.8 Å². The summed E-state index contributed by atoms with van der Waals surface area (Å²) in [5.41, 5.74) is 9.90. The molecule has 700 valence electrons. The average Bonchev–Trinajstić information content (AvgIpc) is 0.826. The van der Waals surface area contributed by atoms with Gasteiger partial charge in [-0.05, 0) is 298 Å². The van der Waals surface area contributed by atoms with E-state index in [1.54, 1.807) is 121 Å². The van der Waals surface area contributed by atoms with E-state index in [1.807, 2.05) is 170 Å². The molecule has 0 fully saturated rings. The molecule has 141 heavy (non-hydrogen) atoms. The first-order valence-electron chi connectivity index (χ1n) is 41.7. The number of alkyl halides is 1. The van der Waals surface area contributed by atoms with Crippen LogP contribution >= 0.6 is 34.8 Å². The maximum atomic E-state index is 13.4. The van der Waals surface area contributed by atoms with Gasteiger partial charge in [0.25, 0.3) is 6.47 Å². The van der Waals surface area contributed by atoms with Crippen LogP contribution in [-0.2, 0) is 53.4 Å². The Morgan fingerprint density at radius 3 is 0.603 bits per heavy atom. The zero-order valence-electron chi connectivity index (χ0n) is 78.0. The Labute approximate surface area is 1010 Å². The Balaban J connectivity index is 0.000000306. The van der Waals surface area contributed by atoms with E-state index < -0.39 is 29.5 Å². The smallest absolute Gasteiger partial charge is 1.00 e. The molecule has 16 rings (SSSR count). The van der Waals surface area contributed by atoms with Crippen LogP contribution in [0.2, 0.25) is 10.0 Å². The van der Waals surface area contributed by atoms with Crippen molar-refractivity contribution in [2.75, 3.05) is 38.9 Å². The van der Waals surface area contributed by atoms with Crippen LogP contribution in [0.3, 0.4) is 0 Å². The van der Waals surface area contributed by atoms with Crippen LogP contribution in [-0.4, -0.2) is 80.9 Å². The van der Waals surface area contributed by atoms with Crippen molar-refractivity contribution in [2.45, 2.75) is 29.4 Å². The molecule has 16 aromatic carbocycles. The summed E-state index contributed by atoms with van der Waals surface area (Å²) in [5.74, 6) is 6.98. The first-order valence-corrected chi connectivity index (χ1v) is 47.4. The number of phenolic OH excluding ortho intramolecular Hbond substituents is 2. The van der Waals surface area contributed by atoms with E-state index in [0.29, 0.717) is 95.0 Å². The van der Waals surface area contributed by atoms with Gasteiger partial charge in [-0.2, -0.15) is 0 Å². The van der Waals surface area contributed by atoms with Gasteiger partial charge >= 0.3 is 206 Å². The van der Waals surface area contributed by atoms with Gasteiger partial charge in [0.05, 0.1) is 54.0 Å². The molecule has 0 saturated heterocycles. The van der Waals surface area contributed by atoms with Gasteiger partial charge < -0.3 is 74.6 Å². The number of carbonyl (C=O) groups is 1. The van der Waals surface area contributed by atoms with Gasteiger partial charge in [0.2, 0.25) is 29.5 Å². The summed E-state index contributed by atoms with van der Waals surface area (Å²) in [6.45, 7) is 12.5. The number of benzene rings is 16. The van der Waals surface area contributed by atoms with Crippen LogP contribution in [0.15, 0.2) is 456 Å². The molecule has 0 bridgehead atoms. The van der Waals surface area contributed by atoms with E-state index >= 15 is 0 Å². The van der Waals surface area contributed by atoms with Crippen molar-refractivity contribution in [1.29, 1.82) is 0 Å². The molecular formula is C109H89Cl3K4O22S3. The number of aromatic hydroxyl groups is 2. The maximum Gasteiger partial charge on any atom is 1.00 e. The van der Waals surface area contributed by atoms with Crippen LogP contribution < -0.4 is 249 Å². The topological polar surface area (TPSA) is 321 Å². The predicted molar refractivity (Wildman–Crippen MR) is 525 cm³/mol. The summed E-state index contributed by atoms with van der Waals surface area (Å²) < 4.78 is 127. The van der Waals surface area contributed by atoms with E-state index in [2.05, 4.69) is 29.4 Å². The zero-order chi connectivity index (χ0) is 97.4. The fourth-order valence-corrected chi connectivity index (χ4v) is 16.7. The third-order valence-electron chi connectivity index (χ3n) is 19.5. The first-order chi connectivity index (χ1) is 66.3. The molecule has 2 N–H and O–H groups in total. The molecule has 16 aromatic rings. The van der Waals surface area contributed by atoms with Crippen LogP contribution in [0.25, 0.3) is 55.6 Å². The van der Waals surface area contributed by atoms with Gasteiger partial charge in [-0.15, -0.1) is 23.1 Å². The summed E-state index contributed by atoms with van der Waals surface area (Å²) in [6, 6.07) is 110. The van der Waals surface area contributed by atoms with E-state index in [1.165, 1.54) is 116 Å². The quantitative estimate of drug-likeness (QED) is 0.00734. The van der Waals surface area contributed by atoms with Gasteiger partial charge in [0.15, 0.2) is 0 Å². The summed E-state index contributed by atoms with van der Waals surface area (Å²) in [4.78, 5) is 12.3. The number of ether oxygens (including phenoxy) is 9. The molecule has 0 heterocycles. The van der Waals surface area contributed by atoms with Crippen molar-refractivity contribution in [2.24, 2.45) is 0 Å². The number of carbonyl (C=O) groups excluding carboxylic acids is 1. The number of sulfone groups is 3. The third-order valence-corrected chi connectivity index (χ3v) is 25.5. The average molecular weight is 2110 g/mol. The number of halogens is 3. The molecule has 0 aliphatic carbocycles. The Kier molecular flexibility index (Phi) is 52.1. The van der Waals surface area contributed by atoms with Crippen molar-refractivity contribution < 1.29 is 310 Å². The SMILES string of the molecule is C=COCCCl.C=COCCOc1ccc(-c2ccc(Oc3ccc(S(=O)(=O)c4ccc(Oc5ccc(-c6ccc(OCCOC=C)cc6)cc5)cc4)cc3)cc2)cc1.O=CO[O-].O=S(=O)(c1ccc(Cl)cc1)c1ccc(Cl)cc1.O=S(=O)(c1ccc(Oc2ccc(-c3ccc([O-])cc3)cc2)cc1)c1ccc(Oc2ccc(-c3ccc([O-])cc3)cc2)cc1.Oc1ccc(-c2ccc(O)cc2)cc1.[H-].[K+].[K+].[K+].[K+]. The summed E-state index contributed by atoms with van der Waals surface area (Å²) in [5, 5.41) is 50.3. The monoisotopic (exact) mass is 2110 g/mol. The summed E-state index contributed by atoms with van der Waals surface area (Å²) in [7, 11) is -11.0. The molecule has 0 aliphatic rings. The van der Waals surface area contributed by atoms with Crippen molar-refractivity contribution in [1.82, 2.24) is 0 Å². The molecule has 0 aliphatic heterocycles. The summed E-state index contributed by atoms with van der Waals surface area (Å²) in [6.07, 6.45) is 4.16. The molecular weight excluding hydrogens is 2020 g/mol. The van der Waals surface area contributed by atoms with Crippen molar-refractivity contribution in [3.05, 3.63) is 437 Å². The van der Waals surface area contributed by atoms with Crippen molar-refractivity contribution in [3.63, 3.8) is 0 Å². The molecule has 0 unspecified atom stereocenters. The third kappa shape index (κ3) is 38.1. The predicted octanol–water partition coefficient (Wildman–Crippen LogP) is 12.6. The fourth-order valence-electron chi connectivity index (χ4n) is 12.6. The van der Waals surface area contributed by atoms with E-state index in [-0.39, 0.29) is 266 Å². The summed E-state index contributed by atoms with van der Waals surface area (Å²) >= 11 is 16.6. The van der Waals surface area contributed by atoms with Crippen LogP contribution in [0, 0.1) is 0 Å². The molecule has 0 saturated carbocycles. The molecule has 0 atom stereocenters. The fraction of sp³-hybridized carbons (Fsp3) is 0.0550. The standard InChI is InChI=1S/C44H38O8S.C36H26O6S.C12H8Cl2O2S.C12H10O2.C4H7ClO.CH2O3.4K.H/c1-3-47-29-31-49-37-13-5-33(6-14-37)35-9-17-39(18-10-35)51-41-21-25-43(26-22-41)53(45,46)44-27-23-42(24-28-44)52-40-19-11-36(12-20-40)34-7-15-38(16-8-34)50-32-30-48-4-2;37-29-9-1-25(2-10-29)27-5-13-31(14-6-27)41-33-17-21-35(22-18-33)43(39,40)36-23-19-34(20-24-36)42-32-15-7-28(8-16-32)26-3-11-30(38)12-4-26;13-9-1-5-11(6-2-9)17(15,16)12-7-3-10(14)4-8-12;13-11-5-1-9(2-6-11)10-3-7-12(14)8-4-10;1-2-6-4-3-5;2-1-4-3;;;;;/h3-28H,1-2,29-32H2;1-24,37-38H;1-8H;1-8,13-14H;2H,1,3-4H2;1,3H;;;;;/q;;;;;;4*+1;-1/p-3. The number of hydrogen-bond acceptors (Lipinski definition) is 22. The van der Waals surface area contributed by atoms with Gasteiger partial charge in [0.1, 0.15) is 102 Å².